The Bertz CT molecular complexity index is 196. The van der Waals surface area contributed by atoms with Crippen LogP contribution < -0.4 is 0 Å². The summed E-state index contributed by atoms with van der Waals surface area (Å²) in [7, 11) is 0. The fraction of sp³-hybridized carbons (Fsp3) is 0.375. The van der Waals surface area contributed by atoms with Crippen molar-refractivity contribution < 1.29 is 4.79 Å². The van der Waals surface area contributed by atoms with Crippen molar-refractivity contribution in [3.05, 3.63) is 23.0 Å². The first kappa shape index (κ1) is 8.40. The zero-order valence-corrected chi connectivity index (χ0v) is 7.01. The first-order valence-electron chi connectivity index (χ1n) is 3.58. The van der Waals surface area contributed by atoms with Gasteiger partial charge in [0.15, 0.2) is 0 Å². The number of unbranched alkanes of at least 4 members (excludes halogenated alkanes) is 2. The molecule has 0 fully saturated rings. The Labute approximate surface area is 70.3 Å². The van der Waals surface area contributed by atoms with Crippen LogP contribution in [0.5, 0.6) is 0 Å². The third-order valence-electron chi connectivity index (χ3n) is 1.37. The molecule has 1 radical (unpaired) electrons. The Morgan fingerprint density at radius 3 is 3.18 bits per heavy atom. The third-order valence-corrected chi connectivity index (χ3v) is 2.21. The molecule has 0 bridgehead atoms. The van der Waals surface area contributed by atoms with Crippen LogP contribution in [0, 0.1) is 6.42 Å². The molecular formula is C8H10NOS. The highest BCUT2D eigenvalue weighted by molar-refractivity contribution is 7.09. The van der Waals surface area contributed by atoms with Crippen LogP contribution in [-0.4, -0.2) is 11.3 Å². The predicted molar refractivity (Wildman–Crippen MR) is 45.4 cm³/mol. The molecule has 0 saturated carbocycles. The largest absolute Gasteiger partial charge is 0.303 e. The Kier molecular flexibility index (Phi) is 3.83. The van der Waals surface area contributed by atoms with Gasteiger partial charge in [-0.3, -0.25) is 4.98 Å². The molecule has 1 heterocycles. The van der Waals surface area contributed by atoms with Crippen molar-refractivity contribution in [3.8, 4) is 0 Å². The van der Waals surface area contributed by atoms with Gasteiger partial charge in [0.25, 0.3) is 0 Å². The summed E-state index contributed by atoms with van der Waals surface area (Å²) in [5.74, 6) is 0. The van der Waals surface area contributed by atoms with E-state index < -0.39 is 0 Å². The Hall–Kier alpha value is -0.700. The Balaban J connectivity index is 2.09. The lowest BCUT2D eigenvalue weighted by Crippen LogP contribution is -1.82. The average molecular weight is 168 g/mol. The second-order valence-electron chi connectivity index (χ2n) is 2.23. The van der Waals surface area contributed by atoms with Crippen molar-refractivity contribution >= 4 is 17.6 Å². The number of carbonyl (C=O) groups excluding carboxylic acids is 1. The fourth-order valence-corrected chi connectivity index (χ4v) is 1.47. The number of thiazole rings is 1. The van der Waals surface area contributed by atoms with E-state index in [2.05, 4.69) is 4.98 Å². The molecular weight excluding hydrogens is 158 g/mol. The van der Waals surface area contributed by atoms with Crippen molar-refractivity contribution in [1.82, 2.24) is 4.98 Å². The van der Waals surface area contributed by atoms with E-state index in [1.807, 2.05) is 11.7 Å². The fourth-order valence-electron chi connectivity index (χ4n) is 0.828. The molecule has 1 rings (SSSR count). The molecule has 2 nitrogen and oxygen atoms in total. The van der Waals surface area contributed by atoms with Gasteiger partial charge in [0.1, 0.15) is 6.29 Å². The quantitative estimate of drug-likeness (QED) is 0.496. The van der Waals surface area contributed by atoms with E-state index in [4.69, 9.17) is 0 Å². The first-order chi connectivity index (χ1) is 5.43. The predicted octanol–water partition coefficient (Wildman–Crippen LogP) is 1.87. The van der Waals surface area contributed by atoms with Gasteiger partial charge >= 0.3 is 0 Å². The molecule has 0 unspecified atom stereocenters. The molecule has 3 heteroatoms. The van der Waals surface area contributed by atoms with Gasteiger partial charge in [-0.05, 0) is 19.3 Å². The summed E-state index contributed by atoms with van der Waals surface area (Å²) < 4.78 is 0. The highest BCUT2D eigenvalue weighted by atomic mass is 32.1. The summed E-state index contributed by atoms with van der Waals surface area (Å²) >= 11 is 1.67. The van der Waals surface area contributed by atoms with Crippen LogP contribution in [-0.2, 0) is 11.2 Å². The summed E-state index contributed by atoms with van der Waals surface area (Å²) in [5, 5.41) is 0. The minimum absolute atomic E-state index is 0.854. The van der Waals surface area contributed by atoms with E-state index in [9.17, 15) is 4.79 Å². The van der Waals surface area contributed by atoms with Gasteiger partial charge in [-0.2, -0.15) is 0 Å². The van der Waals surface area contributed by atoms with Gasteiger partial charge in [0.2, 0.25) is 0 Å². The molecule has 0 atom stereocenters. The molecule has 0 saturated heterocycles. The van der Waals surface area contributed by atoms with Crippen molar-refractivity contribution in [2.45, 2.75) is 19.3 Å². The SMILES string of the molecule is O=C[CH]CCCc1cncs1. The maximum Gasteiger partial charge on any atom is 0.123 e. The van der Waals surface area contributed by atoms with Crippen LogP contribution in [0.3, 0.4) is 0 Å². The summed E-state index contributed by atoms with van der Waals surface area (Å²) in [4.78, 5) is 15.2. The molecule has 0 spiro atoms. The van der Waals surface area contributed by atoms with Crippen LogP contribution in [0.2, 0.25) is 0 Å². The van der Waals surface area contributed by atoms with Crippen LogP contribution in [0.1, 0.15) is 17.7 Å². The van der Waals surface area contributed by atoms with Gasteiger partial charge in [-0.1, -0.05) is 0 Å². The molecule has 0 aliphatic heterocycles. The topological polar surface area (TPSA) is 30.0 Å². The summed E-state index contributed by atoms with van der Waals surface area (Å²) in [6, 6.07) is 0. The number of hydrogen-bond acceptors (Lipinski definition) is 3. The van der Waals surface area contributed by atoms with Gasteiger partial charge in [0.05, 0.1) is 5.51 Å². The average Bonchev–Trinajstić information content (AvgIpc) is 2.50. The monoisotopic (exact) mass is 168 g/mol. The number of carbonyl (C=O) groups is 1. The van der Waals surface area contributed by atoms with Crippen LogP contribution >= 0.6 is 11.3 Å². The van der Waals surface area contributed by atoms with Gasteiger partial charge in [0, 0.05) is 17.5 Å². The molecule has 0 aliphatic carbocycles. The first-order valence-corrected chi connectivity index (χ1v) is 4.46. The van der Waals surface area contributed by atoms with Gasteiger partial charge < -0.3 is 4.79 Å². The zero-order chi connectivity index (χ0) is 7.94. The van der Waals surface area contributed by atoms with Crippen molar-refractivity contribution in [3.63, 3.8) is 0 Å². The van der Waals surface area contributed by atoms with E-state index >= 15 is 0 Å². The second kappa shape index (κ2) is 5.02. The third kappa shape index (κ3) is 3.28. The van der Waals surface area contributed by atoms with E-state index in [0.717, 1.165) is 25.5 Å². The summed E-state index contributed by atoms with van der Waals surface area (Å²) in [6.07, 6.45) is 7.34. The lowest BCUT2D eigenvalue weighted by Gasteiger charge is -1.92. The highest BCUT2D eigenvalue weighted by Crippen LogP contribution is 2.09. The van der Waals surface area contributed by atoms with Crippen LogP contribution in [0.25, 0.3) is 0 Å². The molecule has 0 aromatic carbocycles. The van der Waals surface area contributed by atoms with E-state index in [-0.39, 0.29) is 0 Å². The van der Waals surface area contributed by atoms with Crippen molar-refractivity contribution in [2.75, 3.05) is 0 Å². The Morgan fingerprint density at radius 1 is 1.64 bits per heavy atom. The standard InChI is InChI=1S/C8H10NOS/c10-5-3-1-2-4-8-6-9-7-11-8/h3,5-7H,1-2,4H2. The highest BCUT2D eigenvalue weighted by Gasteiger charge is 1.93. The second-order valence-corrected chi connectivity index (χ2v) is 3.20. The minimum atomic E-state index is 0.854. The molecule has 0 N–H and O–H groups in total. The van der Waals surface area contributed by atoms with Crippen LogP contribution in [0.15, 0.2) is 11.7 Å². The van der Waals surface area contributed by atoms with E-state index in [0.29, 0.717) is 0 Å². The Morgan fingerprint density at radius 2 is 2.55 bits per heavy atom. The molecule has 0 amide bonds. The zero-order valence-electron chi connectivity index (χ0n) is 6.19. The lowest BCUT2D eigenvalue weighted by atomic mass is 10.2. The molecule has 11 heavy (non-hydrogen) atoms. The van der Waals surface area contributed by atoms with Crippen molar-refractivity contribution in [2.24, 2.45) is 0 Å². The van der Waals surface area contributed by atoms with Crippen LogP contribution in [0.4, 0.5) is 0 Å². The maximum absolute atomic E-state index is 9.90. The lowest BCUT2D eigenvalue weighted by molar-refractivity contribution is -0.105. The summed E-state index contributed by atoms with van der Waals surface area (Å²) in [5.41, 5.74) is 1.83. The molecule has 59 valence electrons. The number of aryl methyl sites for hydroxylation is 1. The minimum Gasteiger partial charge on any atom is -0.303 e. The molecule has 1 aromatic rings. The molecule has 0 aliphatic rings. The van der Waals surface area contributed by atoms with Gasteiger partial charge in [-0.25, -0.2) is 0 Å². The number of aldehydes is 1. The number of hydrogen-bond donors (Lipinski definition) is 0. The number of nitrogens with zero attached hydrogens (tertiary/aromatic N) is 1. The van der Waals surface area contributed by atoms with E-state index in [1.54, 1.807) is 17.8 Å². The maximum atomic E-state index is 9.90. The number of rotatable bonds is 5. The summed E-state index contributed by atoms with van der Waals surface area (Å²) in [6.45, 7) is 0. The smallest absolute Gasteiger partial charge is 0.123 e. The normalized spacial score (nSPS) is 9.82. The van der Waals surface area contributed by atoms with Crippen molar-refractivity contribution in [1.29, 1.82) is 0 Å². The molecule has 1 aromatic heterocycles. The van der Waals surface area contributed by atoms with E-state index in [1.165, 1.54) is 4.88 Å². The van der Waals surface area contributed by atoms with Gasteiger partial charge in [-0.15, -0.1) is 11.3 Å². The number of aromatic nitrogens is 1.